The van der Waals surface area contributed by atoms with Crippen molar-refractivity contribution in [3.8, 4) is 0 Å². The van der Waals surface area contributed by atoms with E-state index >= 15 is 0 Å². The average molecular weight is 532 g/mol. The van der Waals surface area contributed by atoms with Crippen LogP contribution in [0.3, 0.4) is 0 Å². The molecule has 2 atom stereocenters. The van der Waals surface area contributed by atoms with Gasteiger partial charge in [-0.1, -0.05) is 54.6 Å². The van der Waals surface area contributed by atoms with E-state index in [9.17, 15) is 14.4 Å². The number of alkyl carbamates (subject to hydrolysis) is 1. The second-order valence-electron chi connectivity index (χ2n) is 9.20. The highest BCUT2D eigenvalue weighted by Gasteiger charge is 2.35. The summed E-state index contributed by atoms with van der Waals surface area (Å²) in [6.07, 6.45) is 0.919. The zero-order chi connectivity index (χ0) is 27.0. The number of ether oxygens (including phenoxy) is 1. The summed E-state index contributed by atoms with van der Waals surface area (Å²) in [5.74, 6) is -0.907. The molecule has 2 aromatic carbocycles. The van der Waals surface area contributed by atoms with Crippen LogP contribution in [0.4, 0.5) is 10.5 Å². The van der Waals surface area contributed by atoms with Gasteiger partial charge < -0.3 is 20.3 Å². The number of benzene rings is 2. The van der Waals surface area contributed by atoms with Gasteiger partial charge in [-0.15, -0.1) is 0 Å². The summed E-state index contributed by atoms with van der Waals surface area (Å²) < 4.78 is 5.30. The quantitative estimate of drug-likeness (QED) is 0.365. The predicted octanol–water partition coefficient (Wildman–Crippen LogP) is 5.64. The van der Waals surface area contributed by atoms with Crippen LogP contribution < -0.4 is 10.6 Å². The molecule has 2 rings (SSSR count). The third kappa shape index (κ3) is 7.77. The number of thiol groups is 1. The van der Waals surface area contributed by atoms with Crippen LogP contribution in [0.5, 0.6) is 0 Å². The van der Waals surface area contributed by atoms with E-state index in [1.807, 2.05) is 19.1 Å². The number of hydrogen-bond acceptors (Lipinski definition) is 5. The lowest BCUT2D eigenvalue weighted by molar-refractivity contribution is -0.140. The molecular formula is C27H34ClN3O4S. The van der Waals surface area contributed by atoms with Crippen molar-refractivity contribution in [1.29, 1.82) is 0 Å². The molecule has 0 aliphatic heterocycles. The minimum atomic E-state index is -1.01. The molecule has 3 amide bonds. The molecule has 2 aromatic rings. The molecule has 194 valence electrons. The number of carbonyl (C=O) groups excluding carboxylic acids is 3. The van der Waals surface area contributed by atoms with Crippen molar-refractivity contribution in [2.75, 3.05) is 17.6 Å². The van der Waals surface area contributed by atoms with Gasteiger partial charge in [-0.3, -0.25) is 9.59 Å². The second-order valence-corrected chi connectivity index (χ2v) is 9.98. The second kappa shape index (κ2) is 12.8. The number of amides is 3. The van der Waals surface area contributed by atoms with Gasteiger partial charge in [0, 0.05) is 12.3 Å². The molecule has 36 heavy (non-hydrogen) atoms. The minimum absolute atomic E-state index is 0.0131. The summed E-state index contributed by atoms with van der Waals surface area (Å²) in [6, 6.07) is 10.5. The molecule has 9 heteroatoms. The Labute approximate surface area is 223 Å². The van der Waals surface area contributed by atoms with Crippen molar-refractivity contribution < 1.29 is 19.1 Å². The summed E-state index contributed by atoms with van der Waals surface area (Å²) in [5, 5.41) is 5.85. The fourth-order valence-electron chi connectivity index (χ4n) is 3.61. The maximum atomic E-state index is 13.7. The van der Waals surface area contributed by atoms with Gasteiger partial charge in [0.05, 0.1) is 10.7 Å². The van der Waals surface area contributed by atoms with Gasteiger partial charge in [-0.2, -0.15) is 12.6 Å². The van der Waals surface area contributed by atoms with E-state index in [1.54, 1.807) is 64.1 Å². The molecule has 0 saturated heterocycles. The molecule has 0 aromatic heterocycles. The van der Waals surface area contributed by atoms with E-state index in [-0.39, 0.29) is 12.3 Å². The van der Waals surface area contributed by atoms with Crippen molar-refractivity contribution in [3.05, 3.63) is 70.8 Å². The number of hydrogen-bond donors (Lipinski definition) is 3. The monoisotopic (exact) mass is 531 g/mol. The van der Waals surface area contributed by atoms with Gasteiger partial charge in [-0.05, 0) is 63.4 Å². The number of rotatable bonds is 9. The normalized spacial score (nSPS) is 12.8. The molecule has 0 radical (unpaired) electrons. The molecule has 0 bridgehead atoms. The first-order valence-electron chi connectivity index (χ1n) is 11.6. The topological polar surface area (TPSA) is 87.7 Å². The van der Waals surface area contributed by atoms with Crippen molar-refractivity contribution in [2.45, 2.75) is 52.3 Å². The Bertz CT molecular complexity index is 1100. The van der Waals surface area contributed by atoms with E-state index in [1.165, 1.54) is 4.90 Å². The zero-order valence-electron chi connectivity index (χ0n) is 21.3. The number of nitrogens with zero attached hydrogens (tertiary/aromatic N) is 1. The standard InChI is InChI=1S/C27H34ClN3O4S/c1-7-18-12-10-13-19(15-18)23(24(32)30-22-17(3)11-9-14-20(22)28)31(8-2)25(33)21(16-36)29-26(34)35-27(4,5)6/h7,9-15,21,23,36H,1,8,16H2,2-6H3,(H,29,34)(H,30,32). The van der Waals surface area contributed by atoms with E-state index in [4.69, 9.17) is 16.3 Å². The van der Waals surface area contributed by atoms with Crippen LogP contribution in [-0.4, -0.2) is 46.7 Å². The Morgan fingerprint density at radius 1 is 1.19 bits per heavy atom. The Balaban J connectivity index is 2.47. The number of likely N-dealkylation sites (N-methyl/N-ethyl adjacent to an activating group) is 1. The SMILES string of the molecule is C=Cc1cccc(C(C(=O)Nc2c(C)cccc2Cl)N(CC)C(=O)C(CS)NC(=O)OC(C)(C)C)c1. The number of para-hydroxylation sites is 1. The van der Waals surface area contributed by atoms with Crippen molar-refractivity contribution >= 4 is 53.9 Å². The molecule has 0 spiro atoms. The predicted molar refractivity (Wildman–Crippen MR) is 148 cm³/mol. The van der Waals surface area contributed by atoms with Crippen molar-refractivity contribution in [1.82, 2.24) is 10.2 Å². The van der Waals surface area contributed by atoms with Crippen molar-refractivity contribution in [3.63, 3.8) is 0 Å². The van der Waals surface area contributed by atoms with Crippen LogP contribution in [0.1, 0.15) is 50.4 Å². The van der Waals surface area contributed by atoms with Crippen LogP contribution in [0.2, 0.25) is 5.02 Å². The van der Waals surface area contributed by atoms with E-state index in [2.05, 4.69) is 29.8 Å². The molecule has 0 aliphatic carbocycles. The highest BCUT2D eigenvalue weighted by molar-refractivity contribution is 7.80. The smallest absolute Gasteiger partial charge is 0.408 e. The summed E-state index contributed by atoms with van der Waals surface area (Å²) in [4.78, 5) is 41.1. The minimum Gasteiger partial charge on any atom is -0.444 e. The zero-order valence-corrected chi connectivity index (χ0v) is 23.0. The van der Waals surface area contributed by atoms with E-state index in [0.717, 1.165) is 11.1 Å². The van der Waals surface area contributed by atoms with Gasteiger partial charge in [-0.25, -0.2) is 4.79 Å². The fourth-order valence-corrected chi connectivity index (χ4v) is 4.13. The Kier molecular flexibility index (Phi) is 10.4. The number of aryl methyl sites for hydroxylation is 1. The lowest BCUT2D eigenvalue weighted by Crippen LogP contribution is -2.53. The van der Waals surface area contributed by atoms with Gasteiger partial charge in [0.15, 0.2) is 0 Å². The molecular weight excluding hydrogens is 498 g/mol. The van der Waals surface area contributed by atoms with E-state index < -0.39 is 35.6 Å². The van der Waals surface area contributed by atoms with Crippen LogP contribution in [0.15, 0.2) is 49.0 Å². The first-order valence-corrected chi connectivity index (χ1v) is 12.6. The summed E-state index contributed by atoms with van der Waals surface area (Å²) in [7, 11) is 0. The highest BCUT2D eigenvalue weighted by atomic mass is 35.5. The molecule has 7 nitrogen and oxygen atoms in total. The Morgan fingerprint density at radius 2 is 1.86 bits per heavy atom. The highest BCUT2D eigenvalue weighted by Crippen LogP contribution is 2.29. The number of anilines is 1. The van der Waals surface area contributed by atoms with Gasteiger partial charge >= 0.3 is 6.09 Å². The number of nitrogens with one attached hydrogen (secondary N) is 2. The molecule has 0 aliphatic rings. The molecule has 2 N–H and O–H groups in total. The van der Waals surface area contributed by atoms with Gasteiger partial charge in [0.1, 0.15) is 17.7 Å². The Morgan fingerprint density at radius 3 is 2.42 bits per heavy atom. The molecule has 2 unspecified atom stereocenters. The first kappa shape index (κ1) is 29.3. The van der Waals surface area contributed by atoms with Crippen LogP contribution in [-0.2, 0) is 14.3 Å². The van der Waals surface area contributed by atoms with Crippen LogP contribution in [0, 0.1) is 6.92 Å². The largest absolute Gasteiger partial charge is 0.444 e. The van der Waals surface area contributed by atoms with Gasteiger partial charge in [0.25, 0.3) is 5.91 Å². The molecule has 0 fully saturated rings. The Hall–Kier alpha value is -2.97. The maximum absolute atomic E-state index is 13.7. The lowest BCUT2D eigenvalue weighted by Gasteiger charge is -2.33. The average Bonchev–Trinajstić information content (AvgIpc) is 2.81. The van der Waals surface area contributed by atoms with Crippen molar-refractivity contribution in [2.24, 2.45) is 0 Å². The fraction of sp³-hybridized carbons (Fsp3) is 0.370. The van der Waals surface area contributed by atoms with Crippen LogP contribution >= 0.6 is 24.2 Å². The summed E-state index contributed by atoms with van der Waals surface area (Å²) >= 11 is 10.6. The lowest BCUT2D eigenvalue weighted by atomic mass is 10.00. The van der Waals surface area contributed by atoms with Gasteiger partial charge in [0.2, 0.25) is 5.91 Å². The summed E-state index contributed by atoms with van der Waals surface area (Å²) in [6.45, 7) is 12.8. The molecule has 0 heterocycles. The first-order chi connectivity index (χ1) is 16.9. The number of halogens is 1. The third-order valence-electron chi connectivity index (χ3n) is 5.29. The third-order valence-corrected chi connectivity index (χ3v) is 5.97. The summed E-state index contributed by atoms with van der Waals surface area (Å²) in [5.41, 5.74) is 1.89. The van der Waals surface area contributed by atoms with E-state index in [0.29, 0.717) is 16.3 Å². The maximum Gasteiger partial charge on any atom is 0.408 e. The molecule has 0 saturated carbocycles. The van der Waals surface area contributed by atoms with Crippen LogP contribution in [0.25, 0.3) is 6.08 Å². The number of carbonyl (C=O) groups is 3.